The maximum absolute atomic E-state index is 11.0. The van der Waals surface area contributed by atoms with E-state index in [1.807, 2.05) is 18.0 Å². The molecule has 140 valence electrons. The molecule has 0 spiro atoms. The van der Waals surface area contributed by atoms with E-state index in [1.54, 1.807) is 0 Å². The summed E-state index contributed by atoms with van der Waals surface area (Å²) in [6, 6.07) is 0. The lowest BCUT2D eigenvalue weighted by Crippen LogP contribution is -2.59. The van der Waals surface area contributed by atoms with E-state index in [1.165, 1.54) is 12.8 Å². The van der Waals surface area contributed by atoms with Gasteiger partial charge in [0.2, 0.25) is 0 Å². The van der Waals surface area contributed by atoms with Gasteiger partial charge in [0.15, 0.2) is 0 Å². The summed E-state index contributed by atoms with van der Waals surface area (Å²) < 4.78 is 0. The second-order valence-corrected chi connectivity index (χ2v) is 9.39. The van der Waals surface area contributed by atoms with Crippen LogP contribution in [0.5, 0.6) is 0 Å². The van der Waals surface area contributed by atoms with Gasteiger partial charge in [-0.1, -0.05) is 12.2 Å². The Balaban J connectivity index is 1.51. The monoisotopic (exact) mass is 363 g/mol. The number of allylic oxidation sites excluding steroid dienone is 1. The molecule has 5 nitrogen and oxygen atoms in total. The summed E-state index contributed by atoms with van der Waals surface area (Å²) in [6.45, 7) is 2.71. The quantitative estimate of drug-likeness (QED) is 0.783. The van der Waals surface area contributed by atoms with Crippen LogP contribution in [-0.2, 0) is 6.42 Å². The van der Waals surface area contributed by atoms with Crippen molar-refractivity contribution in [1.82, 2.24) is 9.90 Å². The summed E-state index contributed by atoms with van der Waals surface area (Å²) in [5, 5.41) is 26.9. The smallest absolute Gasteiger partial charge is 0.428 e. The first-order valence-corrected chi connectivity index (χ1v) is 10.5. The number of hydrogen-bond donors (Lipinski definition) is 2. The molecule has 4 bridgehead atoms. The van der Waals surface area contributed by atoms with Crippen LogP contribution in [0.15, 0.2) is 17.4 Å². The maximum atomic E-state index is 11.0. The van der Waals surface area contributed by atoms with Gasteiger partial charge in [0.25, 0.3) is 0 Å². The standard InChI is InChI=1S/C21H26BN3O2/c1-2-25-22(27)16-11-23-17-5-3-4-15(17)19(16)20(24-25)18-13-6-12-7-14(18)10-21(26,8-12)9-13/h3-4,11-14,18,26-27H,2,5-10H2,1H3/t12?,13-,14+,18?,21?. The highest BCUT2D eigenvalue weighted by molar-refractivity contribution is 6.66. The van der Waals surface area contributed by atoms with Crippen LogP contribution in [0.1, 0.15) is 55.8 Å². The highest BCUT2D eigenvalue weighted by Gasteiger charge is 2.57. The summed E-state index contributed by atoms with van der Waals surface area (Å²) in [5.41, 5.74) is 5.01. The Labute approximate surface area is 160 Å². The molecule has 4 saturated carbocycles. The lowest BCUT2D eigenvalue weighted by atomic mass is 9.48. The molecule has 6 heteroatoms. The molecule has 27 heavy (non-hydrogen) atoms. The average molecular weight is 363 g/mol. The van der Waals surface area contributed by atoms with Gasteiger partial charge in [0.05, 0.1) is 17.0 Å². The first-order valence-electron chi connectivity index (χ1n) is 10.5. The van der Waals surface area contributed by atoms with Crippen molar-refractivity contribution in [2.75, 3.05) is 6.54 Å². The molecule has 0 radical (unpaired) electrons. The molecule has 0 amide bonds. The third-order valence-corrected chi connectivity index (χ3v) is 7.76. The lowest BCUT2D eigenvalue weighted by molar-refractivity contribution is -0.138. The Morgan fingerprint density at radius 2 is 2.04 bits per heavy atom. The van der Waals surface area contributed by atoms with E-state index in [0.29, 0.717) is 30.2 Å². The second kappa shape index (κ2) is 5.45. The van der Waals surface area contributed by atoms with Crippen molar-refractivity contribution in [3.63, 3.8) is 0 Å². The van der Waals surface area contributed by atoms with Crippen molar-refractivity contribution < 1.29 is 10.1 Å². The maximum Gasteiger partial charge on any atom is 0.468 e. The largest absolute Gasteiger partial charge is 0.468 e. The highest BCUT2D eigenvalue weighted by Crippen LogP contribution is 2.59. The van der Waals surface area contributed by atoms with E-state index in [4.69, 9.17) is 5.10 Å². The zero-order valence-corrected chi connectivity index (χ0v) is 15.8. The van der Waals surface area contributed by atoms with Crippen molar-refractivity contribution in [1.29, 1.82) is 0 Å². The fraction of sp³-hybridized carbons (Fsp3) is 0.619. The molecule has 1 aromatic rings. The van der Waals surface area contributed by atoms with E-state index in [9.17, 15) is 10.1 Å². The Morgan fingerprint density at radius 3 is 2.74 bits per heavy atom. The summed E-state index contributed by atoms with van der Waals surface area (Å²) in [7, 11) is -0.721. The van der Waals surface area contributed by atoms with E-state index in [-0.39, 0.29) is 0 Å². The molecule has 1 aromatic heterocycles. The number of nitrogens with zero attached hydrogens (tertiary/aromatic N) is 3. The van der Waals surface area contributed by atoms with Gasteiger partial charge in [-0.3, -0.25) is 4.98 Å². The molecule has 5 atom stereocenters. The Kier molecular flexibility index (Phi) is 3.29. The molecule has 7 rings (SSSR count). The number of fused-ring (bicyclic) bond motifs is 3. The summed E-state index contributed by atoms with van der Waals surface area (Å²) in [5.74, 6) is 2.10. The third kappa shape index (κ3) is 2.20. The van der Waals surface area contributed by atoms with Crippen molar-refractivity contribution >= 4 is 24.3 Å². The van der Waals surface area contributed by atoms with Crippen LogP contribution in [0.25, 0.3) is 6.08 Å². The fourth-order valence-corrected chi connectivity index (χ4v) is 7.00. The summed E-state index contributed by atoms with van der Waals surface area (Å²) in [4.78, 5) is 6.44. The normalized spacial score (nSPS) is 38.3. The van der Waals surface area contributed by atoms with Gasteiger partial charge in [-0.2, -0.15) is 5.10 Å². The average Bonchev–Trinajstić information content (AvgIpc) is 3.10. The molecule has 1 aliphatic heterocycles. The first-order chi connectivity index (χ1) is 13.1. The number of pyridine rings is 1. The predicted octanol–water partition coefficient (Wildman–Crippen LogP) is 1.57. The number of rotatable bonds is 2. The van der Waals surface area contributed by atoms with Crippen LogP contribution >= 0.6 is 0 Å². The topological polar surface area (TPSA) is 69.0 Å². The Hall–Kier alpha value is -1.66. The van der Waals surface area contributed by atoms with Crippen LogP contribution in [0.2, 0.25) is 0 Å². The fourth-order valence-electron chi connectivity index (χ4n) is 7.00. The van der Waals surface area contributed by atoms with Gasteiger partial charge in [-0.05, 0) is 56.8 Å². The zero-order chi connectivity index (χ0) is 18.3. The molecule has 5 aliphatic carbocycles. The first kappa shape index (κ1) is 16.3. The van der Waals surface area contributed by atoms with Crippen molar-refractivity contribution in [2.45, 2.75) is 51.0 Å². The van der Waals surface area contributed by atoms with E-state index in [0.717, 1.165) is 53.7 Å². The lowest BCUT2D eigenvalue weighted by Gasteiger charge is -2.58. The number of hydrogen-bond acceptors (Lipinski definition) is 5. The summed E-state index contributed by atoms with van der Waals surface area (Å²) >= 11 is 0. The predicted molar refractivity (Wildman–Crippen MR) is 105 cm³/mol. The molecule has 0 aromatic carbocycles. The minimum absolute atomic E-state index is 0.391. The number of aromatic nitrogens is 1. The minimum Gasteiger partial charge on any atom is -0.428 e. The highest BCUT2D eigenvalue weighted by atomic mass is 16.3. The molecule has 4 fully saturated rings. The molecule has 2 N–H and O–H groups in total. The number of aliphatic hydroxyl groups is 1. The van der Waals surface area contributed by atoms with Gasteiger partial charge >= 0.3 is 7.05 Å². The van der Waals surface area contributed by atoms with E-state index < -0.39 is 12.7 Å². The zero-order valence-electron chi connectivity index (χ0n) is 15.8. The van der Waals surface area contributed by atoms with Crippen LogP contribution in [0.3, 0.4) is 0 Å². The summed E-state index contributed by atoms with van der Waals surface area (Å²) in [6.07, 6.45) is 12.3. The van der Waals surface area contributed by atoms with Crippen molar-refractivity contribution in [3.8, 4) is 0 Å². The molecular weight excluding hydrogens is 337 g/mol. The van der Waals surface area contributed by atoms with Crippen LogP contribution in [0, 0.1) is 23.7 Å². The van der Waals surface area contributed by atoms with Crippen LogP contribution in [-0.4, -0.2) is 44.9 Å². The SMILES string of the molecule is CCN1N=C(C2[C@@H]3CC4C[C@H]2CC(O)(C4)C3)c2c(cnc3c2C=CC3)B1O. The third-order valence-electron chi connectivity index (χ3n) is 7.76. The van der Waals surface area contributed by atoms with Gasteiger partial charge < -0.3 is 15.1 Å². The van der Waals surface area contributed by atoms with Gasteiger partial charge in [0.1, 0.15) is 0 Å². The number of hydrazone groups is 1. The van der Waals surface area contributed by atoms with Crippen LogP contribution in [0.4, 0.5) is 0 Å². The second-order valence-electron chi connectivity index (χ2n) is 9.39. The molecule has 6 aliphatic rings. The van der Waals surface area contributed by atoms with Gasteiger partial charge in [0, 0.05) is 41.7 Å². The van der Waals surface area contributed by atoms with E-state index >= 15 is 0 Å². The van der Waals surface area contributed by atoms with Crippen molar-refractivity contribution in [3.05, 3.63) is 29.1 Å². The molecule has 3 unspecified atom stereocenters. The minimum atomic E-state index is -0.721. The molecule has 0 saturated heterocycles. The Morgan fingerprint density at radius 1 is 1.26 bits per heavy atom. The van der Waals surface area contributed by atoms with Gasteiger partial charge in [-0.15, -0.1) is 0 Å². The van der Waals surface area contributed by atoms with Crippen molar-refractivity contribution in [2.24, 2.45) is 28.8 Å². The van der Waals surface area contributed by atoms with Crippen LogP contribution < -0.4 is 5.46 Å². The van der Waals surface area contributed by atoms with Gasteiger partial charge in [-0.25, -0.2) is 0 Å². The molecular formula is C21H26BN3O2. The Bertz CT molecular complexity index is 866. The van der Waals surface area contributed by atoms with E-state index in [2.05, 4.69) is 17.1 Å². The molecule has 2 heterocycles.